The Labute approximate surface area is 107 Å². The Morgan fingerprint density at radius 1 is 1.39 bits per heavy atom. The molecule has 2 rings (SSSR count). The van der Waals surface area contributed by atoms with Crippen LogP contribution in [0, 0.1) is 12.7 Å². The van der Waals surface area contributed by atoms with Gasteiger partial charge in [0.15, 0.2) is 0 Å². The molecular formula is C11H11FN4OS. The lowest BCUT2D eigenvalue weighted by molar-refractivity contribution is 0.102. The van der Waals surface area contributed by atoms with Crippen molar-refractivity contribution >= 4 is 28.1 Å². The van der Waals surface area contributed by atoms with Gasteiger partial charge in [0.1, 0.15) is 5.82 Å². The van der Waals surface area contributed by atoms with Crippen molar-refractivity contribution in [1.29, 1.82) is 0 Å². The van der Waals surface area contributed by atoms with Crippen LogP contribution in [0.3, 0.4) is 0 Å². The van der Waals surface area contributed by atoms with Crippen molar-refractivity contribution in [3.05, 3.63) is 34.6 Å². The van der Waals surface area contributed by atoms with Crippen LogP contribution in [0.25, 0.3) is 0 Å². The van der Waals surface area contributed by atoms with Crippen molar-refractivity contribution in [2.75, 3.05) is 17.7 Å². The maximum absolute atomic E-state index is 13.3. The van der Waals surface area contributed by atoms with Crippen LogP contribution in [0.15, 0.2) is 18.2 Å². The average molecular weight is 266 g/mol. The first kappa shape index (κ1) is 12.4. The zero-order valence-corrected chi connectivity index (χ0v) is 10.6. The van der Waals surface area contributed by atoms with Crippen LogP contribution in [-0.2, 0) is 0 Å². The molecule has 0 fully saturated rings. The summed E-state index contributed by atoms with van der Waals surface area (Å²) < 4.78 is 13.3. The third kappa shape index (κ3) is 2.45. The standard InChI is InChI=1S/C11H11FN4OS/c1-6-7(12)4-3-5-8(6)14-9(17)10-15-16-11(13-2)18-10/h3-5H,1-2H3,(H,13,16)(H,14,17). The quantitative estimate of drug-likeness (QED) is 0.894. The van der Waals surface area contributed by atoms with Gasteiger partial charge in [0, 0.05) is 18.3 Å². The Morgan fingerprint density at radius 3 is 2.83 bits per heavy atom. The van der Waals surface area contributed by atoms with Gasteiger partial charge in [-0.05, 0) is 19.1 Å². The maximum Gasteiger partial charge on any atom is 0.286 e. The summed E-state index contributed by atoms with van der Waals surface area (Å²) in [5.41, 5.74) is 0.824. The highest BCUT2D eigenvalue weighted by molar-refractivity contribution is 7.17. The molecule has 0 atom stereocenters. The lowest BCUT2D eigenvalue weighted by Crippen LogP contribution is -2.12. The Balaban J connectivity index is 2.18. The maximum atomic E-state index is 13.3. The van der Waals surface area contributed by atoms with Gasteiger partial charge in [0.25, 0.3) is 5.91 Å². The molecule has 0 saturated heterocycles. The summed E-state index contributed by atoms with van der Waals surface area (Å²) in [7, 11) is 1.69. The van der Waals surface area contributed by atoms with Gasteiger partial charge in [-0.2, -0.15) is 0 Å². The van der Waals surface area contributed by atoms with Gasteiger partial charge in [-0.25, -0.2) is 4.39 Å². The van der Waals surface area contributed by atoms with Crippen LogP contribution < -0.4 is 10.6 Å². The van der Waals surface area contributed by atoms with E-state index in [1.54, 1.807) is 20.0 Å². The summed E-state index contributed by atoms with van der Waals surface area (Å²) in [6.45, 7) is 1.60. The fraction of sp³-hybridized carbons (Fsp3) is 0.182. The van der Waals surface area contributed by atoms with Crippen LogP contribution in [0.1, 0.15) is 15.4 Å². The molecule has 18 heavy (non-hydrogen) atoms. The van der Waals surface area contributed by atoms with Crippen LogP contribution in [-0.4, -0.2) is 23.2 Å². The summed E-state index contributed by atoms with van der Waals surface area (Å²) >= 11 is 1.13. The van der Waals surface area contributed by atoms with E-state index < -0.39 is 5.91 Å². The first-order chi connectivity index (χ1) is 8.61. The third-order valence-corrected chi connectivity index (χ3v) is 3.29. The van der Waals surface area contributed by atoms with Crippen molar-refractivity contribution in [1.82, 2.24) is 10.2 Å². The average Bonchev–Trinajstić information content (AvgIpc) is 2.83. The van der Waals surface area contributed by atoms with Crippen molar-refractivity contribution in [3.8, 4) is 0 Å². The van der Waals surface area contributed by atoms with E-state index in [4.69, 9.17) is 0 Å². The Bertz CT molecular complexity index is 584. The van der Waals surface area contributed by atoms with Crippen LogP contribution >= 0.6 is 11.3 Å². The molecule has 1 amide bonds. The minimum absolute atomic E-state index is 0.225. The highest BCUT2D eigenvalue weighted by Crippen LogP contribution is 2.20. The fourth-order valence-electron chi connectivity index (χ4n) is 1.33. The molecule has 94 valence electrons. The smallest absolute Gasteiger partial charge is 0.286 e. The van der Waals surface area contributed by atoms with Gasteiger partial charge < -0.3 is 10.6 Å². The van der Waals surface area contributed by atoms with E-state index in [0.29, 0.717) is 16.4 Å². The molecule has 0 saturated carbocycles. The molecule has 0 bridgehead atoms. The third-order valence-electron chi connectivity index (χ3n) is 2.35. The summed E-state index contributed by atoms with van der Waals surface area (Å²) in [6, 6.07) is 4.52. The van der Waals surface area contributed by atoms with Crippen molar-refractivity contribution < 1.29 is 9.18 Å². The molecule has 0 radical (unpaired) electrons. The summed E-state index contributed by atoms with van der Waals surface area (Å²) in [5.74, 6) is -0.760. The van der Waals surface area contributed by atoms with Gasteiger partial charge >= 0.3 is 0 Å². The number of carbonyl (C=O) groups excluding carboxylic acids is 1. The van der Waals surface area contributed by atoms with E-state index in [9.17, 15) is 9.18 Å². The van der Waals surface area contributed by atoms with E-state index in [1.165, 1.54) is 12.1 Å². The Morgan fingerprint density at radius 2 is 2.17 bits per heavy atom. The van der Waals surface area contributed by atoms with E-state index >= 15 is 0 Å². The summed E-state index contributed by atoms with van der Waals surface area (Å²) in [4.78, 5) is 11.9. The zero-order valence-electron chi connectivity index (χ0n) is 9.82. The van der Waals surface area contributed by atoms with E-state index in [2.05, 4.69) is 20.8 Å². The molecule has 0 aliphatic rings. The van der Waals surface area contributed by atoms with Crippen LogP contribution in [0.4, 0.5) is 15.2 Å². The first-order valence-corrected chi connectivity index (χ1v) is 6.01. The number of anilines is 2. The number of halogens is 1. The van der Waals surface area contributed by atoms with Gasteiger partial charge in [-0.3, -0.25) is 4.79 Å². The van der Waals surface area contributed by atoms with Crippen molar-refractivity contribution in [2.45, 2.75) is 6.92 Å². The van der Waals surface area contributed by atoms with E-state index in [0.717, 1.165) is 11.3 Å². The van der Waals surface area contributed by atoms with Crippen molar-refractivity contribution in [2.24, 2.45) is 0 Å². The largest absolute Gasteiger partial charge is 0.363 e. The minimum atomic E-state index is -0.400. The van der Waals surface area contributed by atoms with Crippen molar-refractivity contribution in [3.63, 3.8) is 0 Å². The molecule has 0 aliphatic carbocycles. The van der Waals surface area contributed by atoms with Gasteiger partial charge in [0.05, 0.1) is 0 Å². The molecule has 1 aromatic carbocycles. The van der Waals surface area contributed by atoms with Gasteiger partial charge in [-0.1, -0.05) is 17.4 Å². The fourth-order valence-corrected chi connectivity index (χ4v) is 1.93. The number of nitrogens with zero attached hydrogens (tertiary/aromatic N) is 2. The van der Waals surface area contributed by atoms with E-state index in [-0.39, 0.29) is 10.8 Å². The number of aromatic nitrogens is 2. The monoisotopic (exact) mass is 266 g/mol. The number of amides is 1. The second kappa shape index (κ2) is 5.09. The van der Waals surface area contributed by atoms with E-state index in [1.807, 2.05) is 0 Å². The number of nitrogens with one attached hydrogen (secondary N) is 2. The number of rotatable bonds is 3. The predicted molar refractivity (Wildman–Crippen MR) is 68.5 cm³/mol. The number of benzene rings is 1. The molecule has 7 heteroatoms. The zero-order chi connectivity index (χ0) is 13.1. The lowest BCUT2D eigenvalue weighted by atomic mass is 10.2. The second-order valence-electron chi connectivity index (χ2n) is 3.53. The number of hydrogen-bond acceptors (Lipinski definition) is 5. The second-order valence-corrected chi connectivity index (χ2v) is 4.51. The summed E-state index contributed by atoms with van der Waals surface area (Å²) in [5, 5.41) is 13.7. The van der Waals surface area contributed by atoms with Crippen LogP contribution in [0.5, 0.6) is 0 Å². The Kier molecular flexibility index (Phi) is 3.52. The SMILES string of the molecule is CNc1nnc(C(=O)Nc2cccc(F)c2C)s1. The van der Waals surface area contributed by atoms with Crippen LogP contribution in [0.2, 0.25) is 0 Å². The number of hydrogen-bond donors (Lipinski definition) is 2. The lowest BCUT2D eigenvalue weighted by Gasteiger charge is -2.06. The minimum Gasteiger partial charge on any atom is -0.363 e. The molecule has 0 unspecified atom stereocenters. The highest BCUT2D eigenvalue weighted by Gasteiger charge is 2.14. The topological polar surface area (TPSA) is 66.9 Å². The van der Waals surface area contributed by atoms with Gasteiger partial charge in [0.2, 0.25) is 10.1 Å². The molecule has 1 aromatic heterocycles. The predicted octanol–water partition coefficient (Wildman–Crippen LogP) is 2.28. The molecular weight excluding hydrogens is 255 g/mol. The Hall–Kier alpha value is -2.02. The number of carbonyl (C=O) groups is 1. The first-order valence-electron chi connectivity index (χ1n) is 5.19. The summed E-state index contributed by atoms with van der Waals surface area (Å²) in [6.07, 6.45) is 0. The van der Waals surface area contributed by atoms with Gasteiger partial charge in [-0.15, -0.1) is 10.2 Å². The molecule has 1 heterocycles. The molecule has 0 spiro atoms. The normalized spacial score (nSPS) is 10.2. The highest BCUT2D eigenvalue weighted by atomic mass is 32.1. The molecule has 5 nitrogen and oxygen atoms in total. The molecule has 2 N–H and O–H groups in total. The molecule has 0 aliphatic heterocycles. The molecule has 2 aromatic rings.